The second-order valence-corrected chi connectivity index (χ2v) is 6.91. The Kier molecular flexibility index (Phi) is 7.24. The third-order valence-electron chi connectivity index (χ3n) is 4.83. The number of hydrogen-bond donors (Lipinski definition) is 1. The van der Waals surface area contributed by atoms with E-state index in [9.17, 15) is 14.0 Å². The lowest BCUT2D eigenvalue weighted by Gasteiger charge is -2.36. The summed E-state index contributed by atoms with van der Waals surface area (Å²) in [5, 5.41) is 2.89. The molecule has 0 spiro atoms. The normalized spacial score (nSPS) is 14.1. The Hall–Kier alpha value is -2.87. The number of nitrogens with zero attached hydrogens (tertiary/aromatic N) is 2. The van der Waals surface area contributed by atoms with Gasteiger partial charge in [-0.15, -0.1) is 0 Å². The highest BCUT2D eigenvalue weighted by molar-refractivity contribution is 5.94. The smallest absolute Gasteiger partial charge is 0.317 e. The van der Waals surface area contributed by atoms with Gasteiger partial charge in [-0.2, -0.15) is 0 Å². The fraction of sp³-hybridized carbons (Fsp3) is 0.429. The van der Waals surface area contributed by atoms with Gasteiger partial charge in [-0.05, 0) is 43.7 Å². The van der Waals surface area contributed by atoms with E-state index < -0.39 is 5.82 Å². The Morgan fingerprint density at radius 2 is 2.00 bits per heavy atom. The fourth-order valence-corrected chi connectivity index (χ4v) is 3.18. The molecule has 7 nitrogen and oxygen atoms in total. The average molecular weight is 403 g/mol. The van der Waals surface area contributed by atoms with Gasteiger partial charge in [-0.1, -0.05) is 0 Å². The van der Waals surface area contributed by atoms with Crippen LogP contribution < -0.4 is 10.2 Å². The van der Waals surface area contributed by atoms with Gasteiger partial charge in [0.15, 0.2) is 5.78 Å². The first-order chi connectivity index (χ1) is 14.0. The molecule has 0 aliphatic carbocycles. The number of carbonyl (C=O) groups excluding carboxylic acids is 2. The van der Waals surface area contributed by atoms with Gasteiger partial charge < -0.3 is 24.3 Å². The van der Waals surface area contributed by atoms with E-state index in [2.05, 4.69) is 5.32 Å². The van der Waals surface area contributed by atoms with Crippen molar-refractivity contribution in [2.24, 2.45) is 0 Å². The van der Waals surface area contributed by atoms with Crippen molar-refractivity contribution in [2.45, 2.75) is 20.0 Å². The van der Waals surface area contributed by atoms with Gasteiger partial charge in [0.25, 0.3) is 0 Å². The number of rotatable bonds is 8. The molecule has 2 heterocycles. The van der Waals surface area contributed by atoms with Gasteiger partial charge in [0, 0.05) is 44.9 Å². The number of carbonyl (C=O) groups is 2. The Balaban J connectivity index is 1.35. The molecule has 1 fully saturated rings. The topological polar surface area (TPSA) is 75.0 Å². The largest absolute Gasteiger partial charge is 0.467 e. The molecular formula is C21H26FN3O4. The molecule has 1 aromatic heterocycles. The molecule has 2 amide bonds. The van der Waals surface area contributed by atoms with Crippen LogP contribution in [0.5, 0.6) is 0 Å². The van der Waals surface area contributed by atoms with Crippen molar-refractivity contribution in [1.82, 2.24) is 10.2 Å². The maximum atomic E-state index is 14.3. The van der Waals surface area contributed by atoms with E-state index in [1.54, 1.807) is 23.3 Å². The van der Waals surface area contributed by atoms with Gasteiger partial charge in [0.1, 0.15) is 18.2 Å². The summed E-state index contributed by atoms with van der Waals surface area (Å²) in [4.78, 5) is 27.3. The number of ether oxygens (including phenoxy) is 1. The minimum absolute atomic E-state index is 0.122. The third kappa shape index (κ3) is 5.80. The predicted molar refractivity (Wildman–Crippen MR) is 107 cm³/mol. The van der Waals surface area contributed by atoms with Crippen LogP contribution in [0.2, 0.25) is 0 Å². The number of piperazine rings is 1. The van der Waals surface area contributed by atoms with Crippen LogP contribution in [0.15, 0.2) is 41.0 Å². The molecule has 1 saturated heterocycles. The van der Waals surface area contributed by atoms with Crippen LogP contribution >= 0.6 is 0 Å². The van der Waals surface area contributed by atoms with Crippen molar-refractivity contribution in [2.75, 3.05) is 44.2 Å². The van der Waals surface area contributed by atoms with Crippen LogP contribution in [0.3, 0.4) is 0 Å². The molecule has 1 aliphatic rings. The number of Topliss-reactive ketones (excluding diaryl/α,β-unsaturated/α-hetero) is 1. The fourth-order valence-electron chi connectivity index (χ4n) is 3.18. The summed E-state index contributed by atoms with van der Waals surface area (Å²) < 4.78 is 25.0. The lowest BCUT2D eigenvalue weighted by Crippen LogP contribution is -2.52. The van der Waals surface area contributed by atoms with Crippen LogP contribution in [0.4, 0.5) is 14.9 Å². The maximum Gasteiger partial charge on any atom is 0.317 e. The number of anilines is 1. The molecule has 29 heavy (non-hydrogen) atoms. The van der Waals surface area contributed by atoms with Gasteiger partial charge in [0.2, 0.25) is 0 Å². The number of ketones is 1. The Morgan fingerprint density at radius 3 is 2.66 bits per heavy atom. The van der Waals surface area contributed by atoms with Crippen LogP contribution in [0, 0.1) is 5.82 Å². The van der Waals surface area contributed by atoms with Crippen molar-refractivity contribution in [3.8, 4) is 0 Å². The highest BCUT2D eigenvalue weighted by atomic mass is 19.1. The highest BCUT2D eigenvalue weighted by Crippen LogP contribution is 2.22. The van der Waals surface area contributed by atoms with Gasteiger partial charge >= 0.3 is 6.03 Å². The zero-order chi connectivity index (χ0) is 20.6. The lowest BCUT2D eigenvalue weighted by atomic mass is 10.1. The van der Waals surface area contributed by atoms with Gasteiger partial charge in [0.05, 0.1) is 12.0 Å². The standard InChI is InChI=1S/C21H26FN3O4/c1-16(26)17-5-6-20(19(22)14-17)24-8-10-25(11-9-24)21(27)23-7-3-12-28-15-18-4-2-13-29-18/h2,4-6,13-14H,3,7-12,15H2,1H3,(H,23,27). The quantitative estimate of drug-likeness (QED) is 0.542. The number of furan rings is 1. The maximum absolute atomic E-state index is 14.3. The summed E-state index contributed by atoms with van der Waals surface area (Å²) in [7, 11) is 0. The molecule has 0 atom stereocenters. The van der Waals surface area contributed by atoms with Gasteiger partial charge in [-0.3, -0.25) is 4.79 Å². The number of benzene rings is 1. The summed E-state index contributed by atoms with van der Waals surface area (Å²) >= 11 is 0. The molecule has 1 N–H and O–H groups in total. The van der Waals surface area contributed by atoms with Crippen molar-refractivity contribution < 1.29 is 23.1 Å². The second-order valence-electron chi connectivity index (χ2n) is 6.91. The Bertz CT molecular complexity index is 817. The molecule has 1 aliphatic heterocycles. The number of halogens is 1. The van der Waals surface area contributed by atoms with E-state index in [1.165, 1.54) is 13.0 Å². The third-order valence-corrected chi connectivity index (χ3v) is 4.83. The molecule has 8 heteroatoms. The molecule has 156 valence electrons. The zero-order valence-corrected chi connectivity index (χ0v) is 16.5. The summed E-state index contributed by atoms with van der Waals surface area (Å²) in [6.45, 7) is 4.99. The number of nitrogens with one attached hydrogen (secondary N) is 1. The molecule has 0 bridgehead atoms. The van der Waals surface area contributed by atoms with E-state index >= 15 is 0 Å². The number of amides is 2. The number of urea groups is 1. The molecule has 0 saturated carbocycles. The van der Waals surface area contributed by atoms with E-state index in [1.807, 2.05) is 17.0 Å². The zero-order valence-electron chi connectivity index (χ0n) is 16.5. The highest BCUT2D eigenvalue weighted by Gasteiger charge is 2.22. The molecule has 0 radical (unpaired) electrons. The van der Waals surface area contributed by atoms with Crippen molar-refractivity contribution in [3.63, 3.8) is 0 Å². The van der Waals surface area contributed by atoms with E-state index in [0.29, 0.717) is 63.6 Å². The summed E-state index contributed by atoms with van der Waals surface area (Å²) in [5.41, 5.74) is 0.821. The minimum Gasteiger partial charge on any atom is -0.467 e. The van der Waals surface area contributed by atoms with Crippen molar-refractivity contribution in [1.29, 1.82) is 0 Å². The van der Waals surface area contributed by atoms with Crippen LogP contribution in [-0.4, -0.2) is 56.0 Å². The van der Waals surface area contributed by atoms with Crippen LogP contribution in [0.25, 0.3) is 0 Å². The molecular weight excluding hydrogens is 377 g/mol. The predicted octanol–water partition coefficient (Wildman–Crippen LogP) is 3.06. The van der Waals surface area contributed by atoms with Crippen molar-refractivity contribution >= 4 is 17.5 Å². The molecule has 1 aromatic carbocycles. The first-order valence-corrected chi connectivity index (χ1v) is 9.73. The summed E-state index contributed by atoms with van der Waals surface area (Å²) in [6, 6.07) is 8.07. The average Bonchev–Trinajstić information content (AvgIpc) is 3.24. The number of hydrogen-bond acceptors (Lipinski definition) is 5. The summed E-state index contributed by atoms with van der Waals surface area (Å²) in [5.74, 6) is 0.202. The first-order valence-electron chi connectivity index (χ1n) is 9.73. The molecule has 0 unspecified atom stereocenters. The monoisotopic (exact) mass is 403 g/mol. The Morgan fingerprint density at radius 1 is 1.21 bits per heavy atom. The van der Waals surface area contributed by atoms with E-state index in [4.69, 9.17) is 9.15 Å². The van der Waals surface area contributed by atoms with Crippen molar-refractivity contribution in [3.05, 3.63) is 53.7 Å². The summed E-state index contributed by atoms with van der Waals surface area (Å²) in [6.07, 6.45) is 2.31. The first kappa shape index (κ1) is 20.9. The lowest BCUT2D eigenvalue weighted by molar-refractivity contribution is 0.101. The molecule has 2 aromatic rings. The van der Waals surface area contributed by atoms with Crippen LogP contribution in [-0.2, 0) is 11.3 Å². The van der Waals surface area contributed by atoms with Crippen LogP contribution in [0.1, 0.15) is 29.5 Å². The molecule has 3 rings (SSSR count). The Labute approximate surface area is 169 Å². The SMILES string of the molecule is CC(=O)c1ccc(N2CCN(C(=O)NCCCOCc3ccco3)CC2)c(F)c1. The minimum atomic E-state index is -0.412. The van der Waals surface area contributed by atoms with E-state index in [-0.39, 0.29) is 11.8 Å². The van der Waals surface area contributed by atoms with E-state index in [0.717, 1.165) is 5.76 Å². The second kappa shape index (κ2) is 10.1. The van der Waals surface area contributed by atoms with Gasteiger partial charge in [-0.25, -0.2) is 9.18 Å².